The lowest BCUT2D eigenvalue weighted by atomic mass is 10.1. The predicted octanol–water partition coefficient (Wildman–Crippen LogP) is 3.97. The van der Waals surface area contributed by atoms with Gasteiger partial charge in [0.15, 0.2) is 0 Å². The number of benzene rings is 2. The first-order valence-corrected chi connectivity index (χ1v) is 8.44. The molecule has 1 saturated heterocycles. The van der Waals surface area contributed by atoms with E-state index in [2.05, 4.69) is 0 Å². The van der Waals surface area contributed by atoms with Crippen molar-refractivity contribution in [3.8, 4) is 5.75 Å². The quantitative estimate of drug-likeness (QED) is 0.822. The van der Waals surface area contributed by atoms with Crippen molar-refractivity contribution in [2.45, 2.75) is 6.10 Å². The largest absolute Gasteiger partial charge is 0.474 e. The van der Waals surface area contributed by atoms with Crippen molar-refractivity contribution in [3.63, 3.8) is 0 Å². The van der Waals surface area contributed by atoms with Crippen LogP contribution in [0.15, 0.2) is 48.5 Å². The summed E-state index contributed by atoms with van der Waals surface area (Å²) in [6, 6.07) is 14.5. The lowest BCUT2D eigenvalue weighted by Crippen LogP contribution is -2.44. The van der Waals surface area contributed by atoms with E-state index >= 15 is 0 Å². The van der Waals surface area contributed by atoms with Gasteiger partial charge in [-0.2, -0.15) is 0 Å². The van der Waals surface area contributed by atoms with Crippen molar-refractivity contribution < 1.29 is 14.3 Å². The Bertz CT molecular complexity index is 703. The Morgan fingerprint density at radius 3 is 2.46 bits per heavy atom. The van der Waals surface area contributed by atoms with Crippen LogP contribution in [0.25, 0.3) is 0 Å². The molecule has 0 radical (unpaired) electrons. The van der Waals surface area contributed by atoms with Crippen molar-refractivity contribution in [2.24, 2.45) is 0 Å². The molecular weight excluding hydrogens is 349 g/mol. The highest BCUT2D eigenvalue weighted by atomic mass is 35.5. The van der Waals surface area contributed by atoms with Crippen molar-refractivity contribution in [3.05, 3.63) is 64.1 Å². The molecule has 2 aromatic rings. The van der Waals surface area contributed by atoms with Crippen LogP contribution in [0.1, 0.15) is 11.7 Å². The summed E-state index contributed by atoms with van der Waals surface area (Å²) >= 11 is 12.3. The Kier molecular flexibility index (Phi) is 5.61. The maximum Gasteiger partial charge on any atom is 0.268 e. The van der Waals surface area contributed by atoms with Gasteiger partial charge in [0.1, 0.15) is 10.8 Å². The normalized spacial score (nSPS) is 15.8. The standard InChI is InChI=1S/C18H17Cl2NO3/c19-14-7-4-8-15(16(14)20)24-17(13-5-2-1-3-6-13)18(22)21-9-11-23-12-10-21/h1-8,17H,9-12H2. The molecule has 24 heavy (non-hydrogen) atoms. The van der Waals surface area contributed by atoms with Crippen LogP contribution in [-0.2, 0) is 9.53 Å². The molecule has 3 rings (SSSR count). The SMILES string of the molecule is O=C(C(Oc1cccc(Cl)c1Cl)c1ccccc1)N1CCOCC1. The number of amides is 1. The van der Waals surface area contributed by atoms with Crippen LogP contribution in [0.2, 0.25) is 10.0 Å². The summed E-state index contributed by atoms with van der Waals surface area (Å²) < 4.78 is 11.3. The van der Waals surface area contributed by atoms with Gasteiger partial charge in [-0.1, -0.05) is 59.6 Å². The van der Waals surface area contributed by atoms with Crippen LogP contribution in [0.3, 0.4) is 0 Å². The number of carbonyl (C=O) groups is 1. The Morgan fingerprint density at radius 1 is 1.04 bits per heavy atom. The molecular formula is C18H17Cl2NO3. The van der Waals surface area contributed by atoms with Crippen LogP contribution < -0.4 is 4.74 Å². The smallest absolute Gasteiger partial charge is 0.268 e. The molecule has 0 aromatic heterocycles. The fraction of sp³-hybridized carbons (Fsp3) is 0.278. The van der Waals surface area contributed by atoms with E-state index in [0.29, 0.717) is 42.1 Å². The van der Waals surface area contributed by atoms with Crippen molar-refractivity contribution in [1.82, 2.24) is 4.90 Å². The zero-order valence-corrected chi connectivity index (χ0v) is 14.5. The van der Waals surface area contributed by atoms with Crippen LogP contribution in [-0.4, -0.2) is 37.1 Å². The fourth-order valence-corrected chi connectivity index (χ4v) is 2.88. The molecule has 1 atom stereocenters. The molecule has 126 valence electrons. The molecule has 0 spiro atoms. The van der Waals surface area contributed by atoms with Gasteiger partial charge in [-0.05, 0) is 12.1 Å². The third-order valence-corrected chi connectivity index (χ3v) is 4.61. The van der Waals surface area contributed by atoms with E-state index in [0.717, 1.165) is 5.56 Å². The zero-order valence-electron chi connectivity index (χ0n) is 13.0. The predicted molar refractivity (Wildman–Crippen MR) is 93.7 cm³/mol. The van der Waals surface area contributed by atoms with Gasteiger partial charge in [0.25, 0.3) is 5.91 Å². The monoisotopic (exact) mass is 365 g/mol. The maximum atomic E-state index is 13.0. The number of hydrogen-bond acceptors (Lipinski definition) is 3. The van der Waals surface area contributed by atoms with E-state index in [1.807, 2.05) is 30.3 Å². The molecule has 0 aliphatic carbocycles. The number of halogens is 2. The number of hydrogen-bond donors (Lipinski definition) is 0. The van der Waals surface area contributed by atoms with Crippen LogP contribution in [0.5, 0.6) is 5.75 Å². The van der Waals surface area contributed by atoms with E-state index in [1.165, 1.54) is 0 Å². The summed E-state index contributed by atoms with van der Waals surface area (Å²) in [6.07, 6.45) is -0.778. The highest BCUT2D eigenvalue weighted by Gasteiger charge is 2.29. The number of nitrogens with zero attached hydrogens (tertiary/aromatic N) is 1. The van der Waals surface area contributed by atoms with E-state index in [9.17, 15) is 4.79 Å². The Hall–Kier alpha value is -1.75. The van der Waals surface area contributed by atoms with Crippen molar-refractivity contribution >= 4 is 29.1 Å². The minimum absolute atomic E-state index is 0.111. The zero-order chi connectivity index (χ0) is 16.9. The highest BCUT2D eigenvalue weighted by molar-refractivity contribution is 6.42. The summed E-state index contributed by atoms with van der Waals surface area (Å²) in [5.74, 6) is 0.278. The van der Waals surface area contributed by atoms with Gasteiger partial charge in [-0.3, -0.25) is 4.79 Å². The van der Waals surface area contributed by atoms with E-state index in [4.69, 9.17) is 32.7 Å². The molecule has 6 heteroatoms. The van der Waals surface area contributed by atoms with Gasteiger partial charge in [0.2, 0.25) is 6.10 Å². The second-order valence-corrected chi connectivity index (χ2v) is 6.18. The van der Waals surface area contributed by atoms with Gasteiger partial charge in [-0.15, -0.1) is 0 Å². The minimum atomic E-state index is -0.778. The lowest BCUT2D eigenvalue weighted by Gasteiger charge is -2.30. The number of morpholine rings is 1. The minimum Gasteiger partial charge on any atom is -0.474 e. The molecule has 0 bridgehead atoms. The average Bonchev–Trinajstić information content (AvgIpc) is 2.64. The van der Waals surface area contributed by atoms with Crippen molar-refractivity contribution in [1.29, 1.82) is 0 Å². The van der Waals surface area contributed by atoms with Gasteiger partial charge >= 0.3 is 0 Å². The van der Waals surface area contributed by atoms with Gasteiger partial charge in [0, 0.05) is 18.7 Å². The third kappa shape index (κ3) is 3.83. The summed E-state index contributed by atoms with van der Waals surface area (Å²) in [6.45, 7) is 2.17. The summed E-state index contributed by atoms with van der Waals surface area (Å²) in [5, 5.41) is 0.690. The Morgan fingerprint density at radius 2 is 1.75 bits per heavy atom. The summed E-state index contributed by atoms with van der Waals surface area (Å²) in [7, 11) is 0. The fourth-order valence-electron chi connectivity index (χ4n) is 2.54. The Labute approximate surface area is 150 Å². The Balaban J connectivity index is 1.90. The van der Waals surface area contributed by atoms with Crippen LogP contribution in [0.4, 0.5) is 0 Å². The molecule has 1 heterocycles. The molecule has 1 amide bonds. The molecule has 1 aliphatic rings. The number of ether oxygens (including phenoxy) is 2. The number of rotatable bonds is 4. The second kappa shape index (κ2) is 7.88. The average molecular weight is 366 g/mol. The molecule has 4 nitrogen and oxygen atoms in total. The summed E-state index contributed by atoms with van der Waals surface area (Å²) in [5.41, 5.74) is 0.769. The summed E-state index contributed by atoms with van der Waals surface area (Å²) in [4.78, 5) is 14.7. The molecule has 2 aromatic carbocycles. The number of carbonyl (C=O) groups excluding carboxylic acids is 1. The maximum absolute atomic E-state index is 13.0. The lowest BCUT2D eigenvalue weighted by molar-refractivity contribution is -0.143. The van der Waals surface area contributed by atoms with E-state index in [-0.39, 0.29) is 5.91 Å². The first-order chi connectivity index (χ1) is 11.7. The topological polar surface area (TPSA) is 38.8 Å². The van der Waals surface area contributed by atoms with E-state index in [1.54, 1.807) is 23.1 Å². The van der Waals surface area contributed by atoms with Crippen LogP contribution >= 0.6 is 23.2 Å². The molecule has 1 aliphatic heterocycles. The third-order valence-electron chi connectivity index (χ3n) is 3.81. The van der Waals surface area contributed by atoms with Crippen molar-refractivity contribution in [2.75, 3.05) is 26.3 Å². The first-order valence-electron chi connectivity index (χ1n) is 7.69. The molecule has 1 fully saturated rings. The van der Waals surface area contributed by atoms with Crippen LogP contribution in [0, 0.1) is 0 Å². The van der Waals surface area contributed by atoms with Gasteiger partial charge in [-0.25, -0.2) is 0 Å². The van der Waals surface area contributed by atoms with Gasteiger partial charge in [0.05, 0.1) is 18.2 Å². The first kappa shape index (κ1) is 17.1. The molecule has 0 saturated carbocycles. The molecule has 1 unspecified atom stereocenters. The van der Waals surface area contributed by atoms with E-state index < -0.39 is 6.10 Å². The molecule has 0 N–H and O–H groups in total. The van der Waals surface area contributed by atoms with Gasteiger partial charge < -0.3 is 14.4 Å². The highest BCUT2D eigenvalue weighted by Crippen LogP contribution is 2.35. The second-order valence-electron chi connectivity index (χ2n) is 5.40.